The summed E-state index contributed by atoms with van der Waals surface area (Å²) in [4.78, 5) is 31.2. The summed E-state index contributed by atoms with van der Waals surface area (Å²) in [5.41, 5.74) is 2.49. The lowest BCUT2D eigenvalue weighted by Gasteiger charge is -2.35. The number of amides is 2. The second-order valence-corrected chi connectivity index (χ2v) is 15.3. The van der Waals surface area contributed by atoms with Gasteiger partial charge in [0.05, 0.1) is 17.2 Å². The monoisotopic (exact) mass is 687 g/mol. The number of aryl methyl sites for hydroxylation is 1. The van der Waals surface area contributed by atoms with Gasteiger partial charge >= 0.3 is 0 Å². The molecule has 2 amide bonds. The first kappa shape index (κ1) is 36.6. The number of nitrogens with zero attached hydrogens (tertiary/aromatic N) is 2. The van der Waals surface area contributed by atoms with Crippen LogP contribution in [0, 0.1) is 6.92 Å². The topological polar surface area (TPSA) is 96.0 Å². The fourth-order valence-corrected chi connectivity index (χ4v) is 7.00. The van der Waals surface area contributed by atoms with E-state index < -0.39 is 34.1 Å². The van der Waals surface area contributed by atoms with E-state index in [4.69, 9.17) is 4.74 Å². The van der Waals surface area contributed by atoms with E-state index in [1.807, 2.05) is 95.5 Å². The number of hydrogen-bond donors (Lipinski definition) is 1. The van der Waals surface area contributed by atoms with Crippen molar-refractivity contribution in [3.8, 4) is 5.75 Å². The number of anilines is 1. The Bertz CT molecular complexity index is 1750. The molecule has 0 aliphatic carbocycles. The van der Waals surface area contributed by atoms with Crippen LogP contribution in [0.3, 0.4) is 0 Å². The average Bonchev–Trinajstić information content (AvgIpc) is 3.06. The molecule has 0 bridgehead atoms. The Hall–Kier alpha value is -4.28. The number of benzene rings is 4. The molecule has 1 atom stereocenters. The zero-order valence-corrected chi connectivity index (χ0v) is 30.1. The van der Waals surface area contributed by atoms with Gasteiger partial charge in [-0.05, 0) is 101 Å². The number of hydrogen-bond acceptors (Lipinski definition) is 6. The van der Waals surface area contributed by atoms with Gasteiger partial charge in [0.2, 0.25) is 11.8 Å². The Kier molecular flexibility index (Phi) is 12.3. The van der Waals surface area contributed by atoms with Crippen LogP contribution >= 0.6 is 11.8 Å². The van der Waals surface area contributed by atoms with Crippen molar-refractivity contribution in [3.63, 3.8) is 0 Å². The predicted octanol–water partition coefficient (Wildman–Crippen LogP) is 6.87. The molecule has 1 N–H and O–H groups in total. The van der Waals surface area contributed by atoms with E-state index in [-0.39, 0.29) is 23.8 Å². The molecule has 10 heteroatoms. The number of ether oxygens (including phenoxy) is 1. The molecule has 0 aliphatic heterocycles. The van der Waals surface area contributed by atoms with Crippen LogP contribution in [0.2, 0.25) is 0 Å². The van der Waals surface area contributed by atoms with E-state index in [0.29, 0.717) is 18.0 Å². The maximum absolute atomic E-state index is 14.7. The summed E-state index contributed by atoms with van der Waals surface area (Å²) >= 11 is 1.50. The van der Waals surface area contributed by atoms with E-state index in [2.05, 4.69) is 5.32 Å². The van der Waals surface area contributed by atoms with Crippen molar-refractivity contribution in [2.24, 2.45) is 0 Å². The molecule has 254 valence electrons. The van der Waals surface area contributed by atoms with Crippen LogP contribution in [-0.4, -0.2) is 56.1 Å². The van der Waals surface area contributed by atoms with Gasteiger partial charge in [-0.15, -0.1) is 11.8 Å². The highest BCUT2D eigenvalue weighted by atomic mass is 32.2. The lowest BCUT2D eigenvalue weighted by molar-refractivity contribution is -0.140. The third-order valence-corrected chi connectivity index (χ3v) is 10.1. The molecule has 8 nitrogen and oxygen atoms in total. The fourth-order valence-electron chi connectivity index (χ4n) is 5.18. The Morgan fingerprint density at radius 3 is 2.04 bits per heavy atom. The maximum Gasteiger partial charge on any atom is 0.264 e. The van der Waals surface area contributed by atoms with Gasteiger partial charge in [0, 0.05) is 23.4 Å². The minimum absolute atomic E-state index is 0.0541. The Labute approximate surface area is 289 Å². The summed E-state index contributed by atoms with van der Waals surface area (Å²) < 4.78 is 35.3. The Balaban J connectivity index is 1.81. The highest BCUT2D eigenvalue weighted by molar-refractivity contribution is 7.98. The smallest absolute Gasteiger partial charge is 0.264 e. The van der Waals surface area contributed by atoms with Crippen molar-refractivity contribution in [2.45, 2.75) is 69.0 Å². The number of rotatable bonds is 14. The molecule has 0 heterocycles. The van der Waals surface area contributed by atoms with Gasteiger partial charge < -0.3 is 15.0 Å². The molecular formula is C38H45N3O5S2. The van der Waals surface area contributed by atoms with Crippen LogP contribution in [0.15, 0.2) is 113 Å². The zero-order valence-electron chi connectivity index (χ0n) is 28.5. The highest BCUT2D eigenvalue weighted by Crippen LogP contribution is 2.28. The third-order valence-electron chi connectivity index (χ3n) is 7.60. The van der Waals surface area contributed by atoms with Crippen LogP contribution in [0.4, 0.5) is 5.69 Å². The first-order chi connectivity index (χ1) is 22.8. The number of thioether (sulfide) groups is 1. The normalized spacial score (nSPS) is 12.2. The van der Waals surface area contributed by atoms with Gasteiger partial charge in [-0.25, -0.2) is 8.42 Å². The van der Waals surface area contributed by atoms with Gasteiger partial charge in [0.15, 0.2) is 0 Å². The van der Waals surface area contributed by atoms with Crippen LogP contribution in [0.5, 0.6) is 5.75 Å². The van der Waals surface area contributed by atoms with Crippen LogP contribution in [-0.2, 0) is 32.6 Å². The van der Waals surface area contributed by atoms with E-state index in [1.165, 1.54) is 16.7 Å². The first-order valence-electron chi connectivity index (χ1n) is 15.9. The second kappa shape index (κ2) is 16.2. The lowest BCUT2D eigenvalue weighted by atomic mass is 10.0. The van der Waals surface area contributed by atoms with Crippen molar-refractivity contribution >= 4 is 39.3 Å². The Morgan fingerprint density at radius 1 is 0.854 bits per heavy atom. The maximum atomic E-state index is 14.7. The van der Waals surface area contributed by atoms with E-state index in [1.54, 1.807) is 48.5 Å². The molecule has 0 radical (unpaired) electrons. The molecule has 0 spiro atoms. The molecule has 48 heavy (non-hydrogen) atoms. The Morgan fingerprint density at radius 2 is 1.48 bits per heavy atom. The molecule has 0 unspecified atom stereocenters. The number of carbonyl (C=O) groups is 2. The summed E-state index contributed by atoms with van der Waals surface area (Å²) in [5.74, 6) is -0.259. The van der Waals surface area contributed by atoms with Crippen molar-refractivity contribution in [3.05, 3.63) is 120 Å². The molecule has 0 saturated heterocycles. The second-order valence-electron chi connectivity index (χ2n) is 12.6. The van der Waals surface area contributed by atoms with Gasteiger partial charge in [0.1, 0.15) is 18.3 Å². The molecule has 4 aromatic rings. The fraction of sp³-hybridized carbons (Fsp3) is 0.316. The molecule has 0 saturated carbocycles. The average molecular weight is 688 g/mol. The number of sulfonamides is 1. The van der Waals surface area contributed by atoms with Crippen LogP contribution in [0.1, 0.15) is 44.4 Å². The largest absolute Gasteiger partial charge is 0.494 e. The summed E-state index contributed by atoms with van der Waals surface area (Å²) in [5, 5.41) is 3.06. The van der Waals surface area contributed by atoms with Crippen molar-refractivity contribution in [1.82, 2.24) is 10.2 Å². The third kappa shape index (κ3) is 9.87. The molecular weight excluding hydrogens is 643 g/mol. The molecule has 4 rings (SSSR count). The summed E-state index contributed by atoms with van der Waals surface area (Å²) in [6.45, 7) is 9.54. The van der Waals surface area contributed by atoms with E-state index in [0.717, 1.165) is 25.9 Å². The minimum Gasteiger partial charge on any atom is -0.494 e. The quantitative estimate of drug-likeness (QED) is 0.146. The first-order valence-corrected chi connectivity index (χ1v) is 18.6. The summed E-state index contributed by atoms with van der Waals surface area (Å²) in [7, 11) is -4.21. The molecule has 0 aliphatic rings. The SMILES string of the molecule is CCOc1ccc(N(CC(=O)N(Cc2ccc(C)cc2)[C@@H](Cc2ccccc2)C(=O)NC(C)(C)C)S(=O)(=O)c2ccc(SC)cc2)cc1. The summed E-state index contributed by atoms with van der Waals surface area (Å²) in [6.07, 6.45) is 2.16. The van der Waals surface area contributed by atoms with Crippen LogP contribution in [0.25, 0.3) is 0 Å². The number of nitrogens with one attached hydrogen (secondary N) is 1. The summed E-state index contributed by atoms with van der Waals surface area (Å²) in [6, 6.07) is 29.5. The molecule has 4 aromatic carbocycles. The molecule has 0 aromatic heterocycles. The lowest BCUT2D eigenvalue weighted by Crippen LogP contribution is -2.56. The van der Waals surface area contributed by atoms with E-state index >= 15 is 0 Å². The zero-order chi connectivity index (χ0) is 34.9. The van der Waals surface area contributed by atoms with Crippen molar-refractivity contribution in [2.75, 3.05) is 23.7 Å². The molecule has 0 fully saturated rings. The van der Waals surface area contributed by atoms with Gasteiger partial charge in [-0.1, -0.05) is 60.2 Å². The van der Waals surface area contributed by atoms with Gasteiger partial charge in [-0.3, -0.25) is 13.9 Å². The van der Waals surface area contributed by atoms with E-state index in [9.17, 15) is 18.0 Å². The van der Waals surface area contributed by atoms with Gasteiger partial charge in [-0.2, -0.15) is 0 Å². The van der Waals surface area contributed by atoms with Gasteiger partial charge in [0.25, 0.3) is 10.0 Å². The number of carbonyl (C=O) groups excluding carboxylic acids is 2. The highest BCUT2D eigenvalue weighted by Gasteiger charge is 2.35. The van der Waals surface area contributed by atoms with Crippen molar-refractivity contribution in [1.29, 1.82) is 0 Å². The predicted molar refractivity (Wildman–Crippen MR) is 194 cm³/mol. The van der Waals surface area contributed by atoms with Crippen molar-refractivity contribution < 1.29 is 22.7 Å². The standard InChI is InChI=1S/C38H45N3O5S2/c1-7-46-32-19-17-31(18-20-32)41(48(44,45)34-23-21-33(47-6)22-24-34)27-36(42)40(26-30-15-13-28(2)14-16-30)35(37(43)39-38(3,4)5)25-29-11-9-8-10-12-29/h8-24,35H,7,25-27H2,1-6H3,(H,39,43)/t35-/m0/s1. The minimum atomic E-state index is -4.21. The van der Waals surface area contributed by atoms with Crippen LogP contribution < -0.4 is 14.4 Å².